The number of anilines is 1. The van der Waals surface area contributed by atoms with Crippen LogP contribution in [0.3, 0.4) is 0 Å². The van der Waals surface area contributed by atoms with Crippen LogP contribution in [0.1, 0.15) is 11.1 Å². The van der Waals surface area contributed by atoms with Gasteiger partial charge in [-0.3, -0.25) is 0 Å². The molecule has 0 aliphatic carbocycles. The van der Waals surface area contributed by atoms with Crippen molar-refractivity contribution in [2.45, 2.75) is 12.8 Å². The fraction of sp³-hybridized carbons (Fsp3) is 0.167. The van der Waals surface area contributed by atoms with Crippen LogP contribution in [-0.2, 0) is 12.8 Å². The molecule has 1 aromatic heterocycles. The number of nitrogens with zero attached hydrogens (tertiary/aromatic N) is 2. The molecule has 140 valence electrons. The number of aromatic nitrogens is 2. The Morgan fingerprint density at radius 3 is 1.93 bits per heavy atom. The Kier molecular flexibility index (Phi) is 5.83. The molecule has 0 amide bonds. The summed E-state index contributed by atoms with van der Waals surface area (Å²) in [5, 5.41) is 4.79. The molecule has 28 heavy (non-hydrogen) atoms. The summed E-state index contributed by atoms with van der Waals surface area (Å²) >= 11 is 6.14. The Morgan fingerprint density at radius 2 is 1.29 bits per heavy atom. The number of para-hydroxylation sites is 1. The van der Waals surface area contributed by atoms with E-state index in [1.54, 1.807) is 0 Å². The zero-order chi connectivity index (χ0) is 19.2. The molecule has 1 heterocycles. The van der Waals surface area contributed by atoms with Crippen LogP contribution in [0, 0.1) is 5.92 Å². The number of nitrogens with one attached hydrogen (secondary N) is 1. The minimum Gasteiger partial charge on any atom is -0.369 e. The fourth-order valence-electron chi connectivity index (χ4n) is 3.54. The van der Waals surface area contributed by atoms with Gasteiger partial charge in [0.05, 0.1) is 5.52 Å². The average Bonchev–Trinajstić information content (AvgIpc) is 2.73. The maximum absolute atomic E-state index is 6.14. The zero-order valence-corrected chi connectivity index (χ0v) is 16.3. The monoisotopic (exact) mass is 387 g/mol. The second-order valence-corrected chi connectivity index (χ2v) is 7.32. The van der Waals surface area contributed by atoms with Gasteiger partial charge in [0, 0.05) is 11.9 Å². The van der Waals surface area contributed by atoms with Crippen LogP contribution >= 0.6 is 11.6 Å². The molecule has 0 bridgehead atoms. The van der Waals surface area contributed by atoms with Gasteiger partial charge in [-0.25, -0.2) is 9.97 Å². The van der Waals surface area contributed by atoms with E-state index in [1.165, 1.54) is 11.1 Å². The minimum absolute atomic E-state index is 0.267. The quantitative estimate of drug-likeness (QED) is 0.407. The van der Waals surface area contributed by atoms with Crippen molar-refractivity contribution in [3.8, 4) is 0 Å². The van der Waals surface area contributed by atoms with Gasteiger partial charge in [-0.05, 0) is 53.6 Å². The Labute approximate surface area is 170 Å². The smallest absolute Gasteiger partial charge is 0.224 e. The lowest BCUT2D eigenvalue weighted by Crippen LogP contribution is -2.20. The second kappa shape index (κ2) is 8.85. The van der Waals surface area contributed by atoms with Crippen LogP contribution in [0.5, 0.6) is 0 Å². The molecule has 0 aliphatic rings. The van der Waals surface area contributed by atoms with Gasteiger partial charge in [0.1, 0.15) is 5.82 Å². The standard InChI is InChI=1S/C24H22ClN3/c25-24-27-22-14-8-7-13-21(22)23(28-24)26-17-20(15-18-9-3-1-4-10-18)16-19-11-5-2-6-12-19/h1-14,20H,15-17H2,(H,26,27,28). The Morgan fingerprint density at radius 1 is 0.714 bits per heavy atom. The molecule has 0 saturated heterocycles. The van der Waals surface area contributed by atoms with Crippen LogP contribution in [0.15, 0.2) is 84.9 Å². The lowest BCUT2D eigenvalue weighted by atomic mass is 9.92. The number of fused-ring (bicyclic) bond motifs is 1. The first-order valence-corrected chi connectivity index (χ1v) is 9.90. The Bertz CT molecular complexity index is 994. The van der Waals surface area contributed by atoms with Crippen LogP contribution in [0.2, 0.25) is 5.28 Å². The van der Waals surface area contributed by atoms with E-state index in [0.29, 0.717) is 5.92 Å². The summed E-state index contributed by atoms with van der Waals surface area (Å²) in [6, 6.07) is 29.2. The van der Waals surface area contributed by atoms with E-state index in [0.717, 1.165) is 36.1 Å². The molecule has 0 aliphatic heterocycles. The van der Waals surface area contributed by atoms with Crippen molar-refractivity contribution in [3.63, 3.8) is 0 Å². The van der Waals surface area contributed by atoms with E-state index < -0.39 is 0 Å². The number of benzene rings is 3. The largest absolute Gasteiger partial charge is 0.369 e. The molecule has 0 fully saturated rings. The maximum atomic E-state index is 6.14. The van der Waals surface area contributed by atoms with Gasteiger partial charge >= 0.3 is 0 Å². The van der Waals surface area contributed by atoms with Gasteiger partial charge in [0.2, 0.25) is 5.28 Å². The number of rotatable bonds is 7. The predicted octanol–water partition coefficient (Wildman–Crippen LogP) is 5.80. The van der Waals surface area contributed by atoms with Crippen LogP contribution in [0.4, 0.5) is 5.82 Å². The SMILES string of the molecule is Clc1nc(NCC(Cc2ccccc2)Cc2ccccc2)c2ccccc2n1. The van der Waals surface area contributed by atoms with Crippen molar-refractivity contribution in [2.24, 2.45) is 5.92 Å². The molecule has 0 atom stereocenters. The van der Waals surface area contributed by atoms with Gasteiger partial charge in [0.15, 0.2) is 0 Å². The minimum atomic E-state index is 0.267. The predicted molar refractivity (Wildman–Crippen MR) is 117 cm³/mol. The van der Waals surface area contributed by atoms with E-state index in [2.05, 4.69) is 75.9 Å². The van der Waals surface area contributed by atoms with Gasteiger partial charge in [-0.1, -0.05) is 72.8 Å². The van der Waals surface area contributed by atoms with Crippen LogP contribution < -0.4 is 5.32 Å². The lowest BCUT2D eigenvalue weighted by molar-refractivity contribution is 0.548. The third kappa shape index (κ3) is 4.68. The molecule has 0 spiro atoms. The molecule has 1 N–H and O–H groups in total. The Hall–Kier alpha value is -2.91. The third-order valence-corrected chi connectivity index (χ3v) is 5.04. The molecule has 4 aromatic rings. The van der Waals surface area contributed by atoms with Gasteiger partial charge in [0.25, 0.3) is 0 Å². The lowest BCUT2D eigenvalue weighted by Gasteiger charge is -2.19. The van der Waals surface area contributed by atoms with Crippen molar-refractivity contribution < 1.29 is 0 Å². The topological polar surface area (TPSA) is 37.8 Å². The van der Waals surface area contributed by atoms with Crippen molar-refractivity contribution in [3.05, 3.63) is 101 Å². The number of halogens is 1. The Balaban J connectivity index is 1.55. The molecule has 0 unspecified atom stereocenters. The van der Waals surface area contributed by atoms with Crippen molar-refractivity contribution >= 4 is 28.3 Å². The van der Waals surface area contributed by atoms with Gasteiger partial charge < -0.3 is 5.32 Å². The summed E-state index contributed by atoms with van der Waals surface area (Å²) < 4.78 is 0. The van der Waals surface area contributed by atoms with Crippen LogP contribution in [-0.4, -0.2) is 16.5 Å². The van der Waals surface area contributed by atoms with Crippen molar-refractivity contribution in [1.82, 2.24) is 9.97 Å². The summed E-state index contributed by atoms with van der Waals surface area (Å²) in [5.41, 5.74) is 3.54. The molecule has 4 rings (SSSR count). The summed E-state index contributed by atoms with van der Waals surface area (Å²) in [5.74, 6) is 1.22. The highest BCUT2D eigenvalue weighted by Crippen LogP contribution is 2.23. The van der Waals surface area contributed by atoms with Gasteiger partial charge in [-0.2, -0.15) is 0 Å². The first-order valence-electron chi connectivity index (χ1n) is 9.52. The highest BCUT2D eigenvalue weighted by Gasteiger charge is 2.13. The maximum Gasteiger partial charge on any atom is 0.224 e. The summed E-state index contributed by atoms with van der Waals surface area (Å²) in [4.78, 5) is 8.74. The van der Waals surface area contributed by atoms with E-state index in [1.807, 2.05) is 24.3 Å². The average molecular weight is 388 g/mol. The number of hydrogen-bond donors (Lipinski definition) is 1. The summed E-state index contributed by atoms with van der Waals surface area (Å²) in [6.45, 7) is 0.807. The van der Waals surface area contributed by atoms with Gasteiger partial charge in [-0.15, -0.1) is 0 Å². The van der Waals surface area contributed by atoms with Crippen molar-refractivity contribution in [1.29, 1.82) is 0 Å². The molecule has 3 aromatic carbocycles. The molecular weight excluding hydrogens is 366 g/mol. The van der Waals surface area contributed by atoms with Crippen LogP contribution in [0.25, 0.3) is 10.9 Å². The van der Waals surface area contributed by atoms with Crippen molar-refractivity contribution in [2.75, 3.05) is 11.9 Å². The van der Waals surface area contributed by atoms with E-state index in [-0.39, 0.29) is 5.28 Å². The molecule has 0 radical (unpaired) electrons. The molecule has 3 nitrogen and oxygen atoms in total. The highest BCUT2D eigenvalue weighted by atomic mass is 35.5. The first-order chi connectivity index (χ1) is 13.8. The highest BCUT2D eigenvalue weighted by molar-refractivity contribution is 6.28. The van der Waals surface area contributed by atoms with E-state index >= 15 is 0 Å². The van der Waals surface area contributed by atoms with E-state index in [9.17, 15) is 0 Å². The summed E-state index contributed by atoms with van der Waals surface area (Å²) in [6.07, 6.45) is 2.00. The number of hydrogen-bond acceptors (Lipinski definition) is 3. The summed E-state index contributed by atoms with van der Waals surface area (Å²) in [7, 11) is 0. The molecular formula is C24H22ClN3. The first kappa shape index (κ1) is 18.5. The normalized spacial score (nSPS) is 11.1. The fourth-order valence-corrected chi connectivity index (χ4v) is 3.71. The zero-order valence-electron chi connectivity index (χ0n) is 15.6. The third-order valence-electron chi connectivity index (χ3n) is 4.87. The molecule has 0 saturated carbocycles. The van der Waals surface area contributed by atoms with E-state index in [4.69, 9.17) is 11.6 Å². The molecule has 4 heteroatoms. The second-order valence-electron chi connectivity index (χ2n) is 6.98.